The van der Waals surface area contributed by atoms with Crippen LogP contribution in [0.25, 0.3) is 0 Å². The van der Waals surface area contributed by atoms with Gasteiger partial charge < -0.3 is 10.1 Å². The van der Waals surface area contributed by atoms with E-state index in [9.17, 15) is 0 Å². The Morgan fingerprint density at radius 3 is 2.29 bits per heavy atom. The van der Waals surface area contributed by atoms with Crippen LogP contribution in [-0.2, 0) is 6.42 Å². The van der Waals surface area contributed by atoms with Crippen LogP contribution >= 0.6 is 11.6 Å². The molecule has 0 fully saturated rings. The van der Waals surface area contributed by atoms with Crippen LogP contribution in [0.5, 0.6) is 5.75 Å². The van der Waals surface area contributed by atoms with Crippen molar-refractivity contribution in [1.82, 2.24) is 5.32 Å². The molecule has 2 aromatic rings. The van der Waals surface area contributed by atoms with Gasteiger partial charge in [0.05, 0.1) is 7.11 Å². The second-order valence-corrected chi connectivity index (χ2v) is 5.76. The molecule has 2 aromatic carbocycles. The Morgan fingerprint density at radius 1 is 1.10 bits per heavy atom. The van der Waals surface area contributed by atoms with Crippen molar-refractivity contribution in [1.29, 1.82) is 0 Å². The molecule has 0 aliphatic rings. The number of hydrogen-bond acceptors (Lipinski definition) is 2. The molecular formula is C18H22ClNO. The predicted molar refractivity (Wildman–Crippen MR) is 89.4 cm³/mol. The van der Waals surface area contributed by atoms with Crippen molar-refractivity contribution in [2.24, 2.45) is 0 Å². The van der Waals surface area contributed by atoms with Crippen LogP contribution in [0.4, 0.5) is 0 Å². The minimum Gasteiger partial charge on any atom is -0.497 e. The average Bonchev–Trinajstić information content (AvgIpc) is 2.49. The molecule has 0 amide bonds. The summed E-state index contributed by atoms with van der Waals surface area (Å²) in [6.45, 7) is 4.21. The highest BCUT2D eigenvalue weighted by Gasteiger charge is 2.15. The number of halogens is 1. The summed E-state index contributed by atoms with van der Waals surface area (Å²) in [6, 6.07) is 12.6. The van der Waals surface area contributed by atoms with Gasteiger partial charge in [0.15, 0.2) is 0 Å². The Kier molecular flexibility index (Phi) is 5.27. The molecule has 0 aliphatic carbocycles. The number of hydrogen-bond donors (Lipinski definition) is 1. The van der Waals surface area contributed by atoms with Crippen molar-refractivity contribution >= 4 is 11.6 Å². The minimum absolute atomic E-state index is 0.199. The summed E-state index contributed by atoms with van der Waals surface area (Å²) in [5.41, 5.74) is 4.90. The van der Waals surface area contributed by atoms with Crippen molar-refractivity contribution in [3.8, 4) is 5.75 Å². The van der Waals surface area contributed by atoms with E-state index < -0.39 is 0 Å². The van der Waals surface area contributed by atoms with E-state index in [1.807, 2.05) is 25.2 Å². The minimum atomic E-state index is 0.199. The lowest BCUT2D eigenvalue weighted by atomic mass is 9.96. The van der Waals surface area contributed by atoms with Gasteiger partial charge in [0.25, 0.3) is 0 Å². The number of rotatable bonds is 5. The molecule has 0 heterocycles. The van der Waals surface area contributed by atoms with Crippen molar-refractivity contribution < 1.29 is 4.74 Å². The lowest BCUT2D eigenvalue weighted by Crippen LogP contribution is -2.19. The summed E-state index contributed by atoms with van der Waals surface area (Å²) in [4.78, 5) is 0. The van der Waals surface area contributed by atoms with E-state index in [-0.39, 0.29) is 6.04 Å². The van der Waals surface area contributed by atoms with Crippen LogP contribution in [0, 0.1) is 13.8 Å². The fourth-order valence-electron chi connectivity index (χ4n) is 2.44. The maximum absolute atomic E-state index is 6.43. The number of ether oxygens (including phenoxy) is 1. The molecule has 0 spiro atoms. The molecule has 0 saturated carbocycles. The number of aryl methyl sites for hydroxylation is 2. The van der Waals surface area contributed by atoms with Crippen molar-refractivity contribution in [2.45, 2.75) is 26.3 Å². The van der Waals surface area contributed by atoms with Crippen molar-refractivity contribution in [3.63, 3.8) is 0 Å². The topological polar surface area (TPSA) is 21.3 Å². The first-order valence-corrected chi connectivity index (χ1v) is 7.49. The maximum Gasteiger partial charge on any atom is 0.118 e. The van der Waals surface area contributed by atoms with Crippen molar-refractivity contribution in [3.05, 3.63) is 63.7 Å². The zero-order chi connectivity index (χ0) is 15.4. The third kappa shape index (κ3) is 3.78. The summed E-state index contributed by atoms with van der Waals surface area (Å²) in [7, 11) is 3.65. The predicted octanol–water partition coefficient (Wildman–Crippen LogP) is 4.47. The van der Waals surface area contributed by atoms with Crippen LogP contribution in [0.3, 0.4) is 0 Å². The third-order valence-electron chi connectivity index (χ3n) is 3.94. The first-order valence-electron chi connectivity index (χ1n) is 7.12. The van der Waals surface area contributed by atoms with Crippen molar-refractivity contribution in [2.75, 3.05) is 14.2 Å². The Balaban J connectivity index is 2.25. The van der Waals surface area contributed by atoms with Gasteiger partial charge in [-0.05, 0) is 67.8 Å². The zero-order valence-electron chi connectivity index (χ0n) is 13.0. The van der Waals surface area contributed by atoms with Crippen LogP contribution in [0.15, 0.2) is 36.4 Å². The molecule has 2 rings (SSSR count). The van der Waals surface area contributed by atoms with Crippen LogP contribution in [0.1, 0.15) is 28.3 Å². The summed E-state index contributed by atoms with van der Waals surface area (Å²) in [5, 5.41) is 4.19. The van der Waals surface area contributed by atoms with Gasteiger partial charge in [-0.3, -0.25) is 0 Å². The molecule has 1 atom stereocenters. The van der Waals surface area contributed by atoms with E-state index in [1.165, 1.54) is 16.7 Å². The Bertz CT molecular complexity index is 607. The Morgan fingerprint density at radius 2 is 1.71 bits per heavy atom. The monoisotopic (exact) mass is 303 g/mol. The lowest BCUT2D eigenvalue weighted by Gasteiger charge is -2.20. The highest BCUT2D eigenvalue weighted by molar-refractivity contribution is 6.31. The Labute approximate surface area is 132 Å². The van der Waals surface area contributed by atoms with Crippen LogP contribution in [0.2, 0.25) is 5.02 Å². The summed E-state index contributed by atoms with van der Waals surface area (Å²) >= 11 is 6.43. The third-order valence-corrected chi connectivity index (χ3v) is 4.26. The molecular weight excluding hydrogens is 282 g/mol. The van der Waals surface area contributed by atoms with E-state index in [0.717, 1.165) is 22.8 Å². The average molecular weight is 304 g/mol. The largest absolute Gasteiger partial charge is 0.497 e. The quantitative estimate of drug-likeness (QED) is 0.880. The molecule has 0 aromatic heterocycles. The smallest absolute Gasteiger partial charge is 0.118 e. The van der Waals surface area contributed by atoms with E-state index in [1.54, 1.807) is 7.11 Å². The molecule has 0 bridgehead atoms. The number of benzene rings is 2. The fraction of sp³-hybridized carbons (Fsp3) is 0.333. The molecule has 0 radical (unpaired) electrons. The second kappa shape index (κ2) is 6.97. The molecule has 1 N–H and O–H groups in total. The molecule has 3 heteroatoms. The second-order valence-electron chi connectivity index (χ2n) is 5.35. The zero-order valence-corrected chi connectivity index (χ0v) is 13.8. The number of methoxy groups -OCH3 is 1. The molecule has 21 heavy (non-hydrogen) atoms. The lowest BCUT2D eigenvalue weighted by molar-refractivity contribution is 0.414. The van der Waals surface area contributed by atoms with E-state index in [2.05, 4.69) is 37.4 Å². The van der Waals surface area contributed by atoms with Gasteiger partial charge in [0.2, 0.25) is 0 Å². The van der Waals surface area contributed by atoms with E-state index in [4.69, 9.17) is 16.3 Å². The molecule has 0 aliphatic heterocycles. The highest BCUT2D eigenvalue weighted by atomic mass is 35.5. The molecule has 1 unspecified atom stereocenters. The van der Waals surface area contributed by atoms with Gasteiger partial charge in [0.1, 0.15) is 5.75 Å². The first-order chi connectivity index (χ1) is 10.0. The van der Waals surface area contributed by atoms with E-state index in [0.29, 0.717) is 0 Å². The normalized spacial score (nSPS) is 12.2. The van der Waals surface area contributed by atoms with Gasteiger partial charge in [-0.15, -0.1) is 0 Å². The maximum atomic E-state index is 6.43. The standard InChI is InChI=1S/C18H22ClNO/c1-12-9-16(17(19)10-13(12)2)18(20-3)11-14-5-7-15(21-4)8-6-14/h5-10,18,20H,11H2,1-4H3. The summed E-state index contributed by atoms with van der Waals surface area (Å²) < 4.78 is 5.20. The molecule has 0 saturated heterocycles. The summed E-state index contributed by atoms with van der Waals surface area (Å²) in [6.07, 6.45) is 0.892. The fourth-order valence-corrected chi connectivity index (χ4v) is 2.79. The SMILES string of the molecule is CNC(Cc1ccc(OC)cc1)c1cc(C)c(C)cc1Cl. The Hall–Kier alpha value is -1.51. The molecule has 2 nitrogen and oxygen atoms in total. The van der Waals surface area contributed by atoms with Gasteiger partial charge in [0, 0.05) is 11.1 Å². The number of likely N-dealkylation sites (N-methyl/N-ethyl adjacent to an activating group) is 1. The van der Waals surface area contributed by atoms with Gasteiger partial charge >= 0.3 is 0 Å². The number of nitrogens with one attached hydrogen (secondary N) is 1. The first kappa shape index (κ1) is 15.9. The summed E-state index contributed by atoms with van der Waals surface area (Å²) in [5.74, 6) is 0.879. The van der Waals surface area contributed by atoms with Gasteiger partial charge in [-0.25, -0.2) is 0 Å². The van der Waals surface area contributed by atoms with Crippen LogP contribution in [-0.4, -0.2) is 14.2 Å². The van der Waals surface area contributed by atoms with Gasteiger partial charge in [-0.1, -0.05) is 29.8 Å². The van der Waals surface area contributed by atoms with Crippen LogP contribution < -0.4 is 10.1 Å². The molecule has 112 valence electrons. The highest BCUT2D eigenvalue weighted by Crippen LogP contribution is 2.29. The van der Waals surface area contributed by atoms with E-state index >= 15 is 0 Å². The van der Waals surface area contributed by atoms with Gasteiger partial charge in [-0.2, -0.15) is 0 Å².